The first kappa shape index (κ1) is 17.0. The third-order valence-electron chi connectivity index (χ3n) is 4.79. The predicted molar refractivity (Wildman–Crippen MR) is 102 cm³/mol. The average Bonchev–Trinajstić information content (AvgIpc) is 3.09. The van der Waals surface area contributed by atoms with E-state index in [1.54, 1.807) is 31.9 Å². The number of urea groups is 1. The van der Waals surface area contributed by atoms with Crippen LogP contribution < -0.4 is 10.1 Å². The lowest BCUT2D eigenvalue weighted by Crippen LogP contribution is -2.29. The van der Waals surface area contributed by atoms with Crippen LogP contribution in [0.25, 0.3) is 11.1 Å². The number of hydrogen-bond acceptors (Lipinski definition) is 4. The summed E-state index contributed by atoms with van der Waals surface area (Å²) in [6.07, 6.45) is 7.01. The Morgan fingerprint density at radius 3 is 2.48 bits per heavy atom. The fourth-order valence-electron chi connectivity index (χ4n) is 3.39. The first-order valence-corrected chi connectivity index (χ1v) is 8.78. The second kappa shape index (κ2) is 7.45. The van der Waals surface area contributed by atoms with E-state index in [0.29, 0.717) is 13.1 Å². The normalized spacial score (nSPS) is 16.3. The largest absolute Gasteiger partial charge is 0.496 e. The molecular weight excluding hydrogens is 340 g/mol. The van der Waals surface area contributed by atoms with Crippen LogP contribution in [-0.2, 0) is 6.54 Å². The minimum Gasteiger partial charge on any atom is -0.496 e. The number of nitrogens with one attached hydrogen (secondary N) is 1. The van der Waals surface area contributed by atoms with Gasteiger partial charge >= 0.3 is 6.03 Å². The molecule has 1 aliphatic rings. The van der Waals surface area contributed by atoms with E-state index >= 15 is 0 Å². The highest BCUT2D eigenvalue weighted by Crippen LogP contribution is 2.35. The summed E-state index contributed by atoms with van der Waals surface area (Å²) in [4.78, 5) is 22.3. The molecule has 136 valence electrons. The summed E-state index contributed by atoms with van der Waals surface area (Å²) in [6, 6.07) is 13.8. The van der Waals surface area contributed by atoms with Gasteiger partial charge in [-0.3, -0.25) is 9.97 Å². The average molecular weight is 360 g/mol. The zero-order valence-electron chi connectivity index (χ0n) is 15.0. The van der Waals surface area contributed by atoms with Crippen LogP contribution in [0.4, 0.5) is 4.79 Å². The zero-order valence-corrected chi connectivity index (χ0v) is 15.0. The minimum atomic E-state index is -0.0611. The third-order valence-corrected chi connectivity index (χ3v) is 4.79. The number of amides is 2. The van der Waals surface area contributed by atoms with E-state index in [-0.39, 0.29) is 12.1 Å². The number of aromatic nitrogens is 2. The number of nitrogens with zero attached hydrogens (tertiary/aromatic N) is 3. The van der Waals surface area contributed by atoms with Crippen molar-refractivity contribution in [2.75, 3.05) is 13.7 Å². The Morgan fingerprint density at radius 1 is 1.07 bits per heavy atom. The van der Waals surface area contributed by atoms with E-state index in [0.717, 1.165) is 28.0 Å². The van der Waals surface area contributed by atoms with Crippen LogP contribution in [0.15, 0.2) is 67.3 Å². The summed E-state index contributed by atoms with van der Waals surface area (Å²) in [5, 5.41) is 2.94. The highest BCUT2D eigenvalue weighted by molar-refractivity contribution is 5.78. The summed E-state index contributed by atoms with van der Waals surface area (Å²) < 4.78 is 5.63. The molecule has 1 fully saturated rings. The molecule has 0 spiro atoms. The van der Waals surface area contributed by atoms with Gasteiger partial charge in [0.15, 0.2) is 0 Å². The smallest absolute Gasteiger partial charge is 0.318 e. The number of benzene rings is 1. The first-order valence-electron chi connectivity index (χ1n) is 8.78. The summed E-state index contributed by atoms with van der Waals surface area (Å²) in [5.74, 6) is 0.780. The number of pyridine rings is 2. The van der Waals surface area contributed by atoms with Crippen LogP contribution in [0.3, 0.4) is 0 Å². The Balaban J connectivity index is 1.64. The molecule has 1 aromatic carbocycles. The zero-order chi connectivity index (χ0) is 18.6. The molecular formula is C21H20N4O2. The molecule has 1 aliphatic heterocycles. The highest BCUT2D eigenvalue weighted by Gasteiger charge is 2.32. The number of rotatable bonds is 5. The van der Waals surface area contributed by atoms with Gasteiger partial charge < -0.3 is 15.0 Å². The lowest BCUT2D eigenvalue weighted by atomic mass is 9.99. The molecule has 1 N–H and O–H groups in total. The molecule has 0 saturated carbocycles. The Bertz CT molecular complexity index is 931. The van der Waals surface area contributed by atoms with Gasteiger partial charge in [0.05, 0.1) is 13.2 Å². The molecule has 0 bridgehead atoms. The van der Waals surface area contributed by atoms with Gasteiger partial charge in [-0.25, -0.2) is 4.79 Å². The molecule has 2 amide bonds. The van der Waals surface area contributed by atoms with E-state index in [1.165, 1.54) is 0 Å². The van der Waals surface area contributed by atoms with Crippen molar-refractivity contribution in [3.05, 3.63) is 78.4 Å². The van der Waals surface area contributed by atoms with Crippen LogP contribution in [0.2, 0.25) is 0 Å². The van der Waals surface area contributed by atoms with E-state index in [1.807, 2.05) is 41.3 Å². The van der Waals surface area contributed by atoms with Gasteiger partial charge in [0.2, 0.25) is 0 Å². The topological polar surface area (TPSA) is 67.3 Å². The van der Waals surface area contributed by atoms with Crippen LogP contribution >= 0.6 is 0 Å². The maximum absolute atomic E-state index is 12.4. The molecule has 27 heavy (non-hydrogen) atoms. The van der Waals surface area contributed by atoms with Gasteiger partial charge in [0.25, 0.3) is 0 Å². The maximum atomic E-state index is 12.4. The van der Waals surface area contributed by atoms with E-state index in [2.05, 4.69) is 21.4 Å². The van der Waals surface area contributed by atoms with Gasteiger partial charge in [-0.2, -0.15) is 0 Å². The molecule has 1 atom stereocenters. The summed E-state index contributed by atoms with van der Waals surface area (Å²) in [5.41, 5.74) is 4.13. The van der Waals surface area contributed by atoms with Crippen LogP contribution in [0.1, 0.15) is 17.2 Å². The van der Waals surface area contributed by atoms with Gasteiger partial charge in [-0.1, -0.05) is 12.1 Å². The monoisotopic (exact) mass is 360 g/mol. The van der Waals surface area contributed by atoms with Crippen molar-refractivity contribution >= 4 is 6.03 Å². The third kappa shape index (κ3) is 3.46. The fraction of sp³-hybridized carbons (Fsp3) is 0.190. The fourth-order valence-corrected chi connectivity index (χ4v) is 3.39. The molecule has 3 heterocycles. The SMILES string of the molecule is COc1cc(C2CNC(=O)N2Cc2ccncc2)ccc1-c1ccncc1. The van der Waals surface area contributed by atoms with Gasteiger partial charge in [-0.05, 0) is 47.0 Å². The van der Waals surface area contributed by atoms with Crippen LogP contribution in [0.5, 0.6) is 5.75 Å². The quantitative estimate of drug-likeness (QED) is 0.757. The van der Waals surface area contributed by atoms with Crippen molar-refractivity contribution in [3.8, 4) is 16.9 Å². The molecule has 3 aromatic rings. The van der Waals surface area contributed by atoms with Gasteiger partial charge in [-0.15, -0.1) is 0 Å². The number of methoxy groups -OCH3 is 1. The van der Waals surface area contributed by atoms with E-state index < -0.39 is 0 Å². The van der Waals surface area contributed by atoms with Crippen molar-refractivity contribution in [1.29, 1.82) is 0 Å². The van der Waals surface area contributed by atoms with Crippen LogP contribution in [-0.4, -0.2) is 34.6 Å². The molecule has 1 unspecified atom stereocenters. The van der Waals surface area contributed by atoms with Crippen molar-refractivity contribution in [2.45, 2.75) is 12.6 Å². The van der Waals surface area contributed by atoms with Crippen LogP contribution in [0, 0.1) is 0 Å². The van der Waals surface area contributed by atoms with E-state index in [9.17, 15) is 4.79 Å². The second-order valence-corrected chi connectivity index (χ2v) is 6.38. The van der Waals surface area contributed by atoms with Gasteiger partial charge in [0, 0.05) is 43.4 Å². The highest BCUT2D eigenvalue weighted by atomic mass is 16.5. The van der Waals surface area contributed by atoms with Crippen molar-refractivity contribution in [3.63, 3.8) is 0 Å². The van der Waals surface area contributed by atoms with Crippen molar-refractivity contribution in [2.24, 2.45) is 0 Å². The lowest BCUT2D eigenvalue weighted by molar-refractivity contribution is 0.201. The van der Waals surface area contributed by atoms with E-state index in [4.69, 9.17) is 4.74 Å². The predicted octanol–water partition coefficient (Wildman–Crippen LogP) is 3.42. The van der Waals surface area contributed by atoms with Crippen molar-refractivity contribution in [1.82, 2.24) is 20.2 Å². The molecule has 0 radical (unpaired) electrons. The first-order chi connectivity index (χ1) is 13.3. The minimum absolute atomic E-state index is 0.0499. The number of hydrogen-bond donors (Lipinski definition) is 1. The summed E-state index contributed by atoms with van der Waals surface area (Å²) in [6.45, 7) is 1.11. The standard InChI is InChI=1S/C21H20N4O2/c1-27-20-12-17(2-3-18(20)16-6-10-23-11-7-16)19-13-24-21(26)25(19)14-15-4-8-22-9-5-15/h2-12,19H,13-14H2,1H3,(H,24,26). The second-order valence-electron chi connectivity index (χ2n) is 6.38. The van der Waals surface area contributed by atoms with Gasteiger partial charge in [0.1, 0.15) is 5.75 Å². The number of carbonyl (C=O) groups excluding carboxylic acids is 1. The lowest BCUT2D eigenvalue weighted by Gasteiger charge is -2.24. The molecule has 0 aliphatic carbocycles. The van der Waals surface area contributed by atoms with Crippen molar-refractivity contribution < 1.29 is 9.53 Å². The Kier molecular flexibility index (Phi) is 4.70. The molecule has 6 heteroatoms. The molecule has 1 saturated heterocycles. The molecule has 2 aromatic heterocycles. The Morgan fingerprint density at radius 2 is 1.78 bits per heavy atom. The summed E-state index contributed by atoms with van der Waals surface area (Å²) in [7, 11) is 1.66. The maximum Gasteiger partial charge on any atom is 0.318 e. The Labute approximate surface area is 157 Å². The Hall–Kier alpha value is -3.41. The number of ether oxygens (including phenoxy) is 1. The summed E-state index contributed by atoms with van der Waals surface area (Å²) >= 11 is 0. The molecule has 4 rings (SSSR count). The number of carbonyl (C=O) groups is 1. The molecule has 6 nitrogen and oxygen atoms in total.